The molecule has 0 saturated heterocycles. The second-order valence-corrected chi connectivity index (χ2v) is 4.37. The molecule has 0 aromatic heterocycles. The molecule has 0 rings (SSSR count). The van der Waals surface area contributed by atoms with Gasteiger partial charge in [0, 0.05) is 0 Å². The largest absolute Gasteiger partial charge is 0.523 e. The van der Waals surface area contributed by atoms with Gasteiger partial charge in [0.2, 0.25) is 0 Å². The van der Waals surface area contributed by atoms with Crippen molar-refractivity contribution in [1.29, 1.82) is 0 Å². The van der Waals surface area contributed by atoms with Crippen LogP contribution >= 0.6 is 0 Å². The van der Waals surface area contributed by atoms with Gasteiger partial charge in [-0.15, -0.1) is 0 Å². The molecule has 116 valence electrons. The second-order valence-electron chi connectivity index (χ2n) is 2.77. The van der Waals surface area contributed by atoms with Gasteiger partial charge in [-0.2, -0.15) is 47.9 Å². The lowest BCUT2D eigenvalue weighted by Gasteiger charge is -2.22. The topological polar surface area (TPSA) is 52.6 Å². The van der Waals surface area contributed by atoms with Gasteiger partial charge in [0.05, 0.1) is 0 Å². The maximum absolute atomic E-state index is 11.8. The highest BCUT2D eigenvalue weighted by atomic mass is 32.2. The lowest BCUT2D eigenvalue weighted by atomic mass is 10.3. The monoisotopic (exact) mass is 330 g/mol. The zero-order valence-electron chi connectivity index (χ0n) is 8.23. The Bertz CT molecular complexity index is 376. The highest BCUT2D eigenvalue weighted by Gasteiger charge is 2.58. The summed E-state index contributed by atoms with van der Waals surface area (Å²) in [5.41, 5.74) is -6.00. The van der Waals surface area contributed by atoms with Crippen molar-refractivity contribution in [3.63, 3.8) is 0 Å². The fourth-order valence-corrected chi connectivity index (χ4v) is 0.916. The second kappa shape index (κ2) is 5.32. The molecule has 19 heavy (non-hydrogen) atoms. The van der Waals surface area contributed by atoms with Gasteiger partial charge < -0.3 is 4.74 Å². The van der Waals surface area contributed by atoms with Crippen LogP contribution in [0.3, 0.4) is 0 Å². The van der Waals surface area contributed by atoms with E-state index in [1.165, 1.54) is 0 Å². The molecule has 0 aliphatic rings. The number of rotatable bonds is 4. The summed E-state index contributed by atoms with van der Waals surface area (Å²) in [5, 5.41) is 0. The van der Waals surface area contributed by atoms with Crippen molar-refractivity contribution in [2.45, 2.75) is 24.0 Å². The highest BCUT2D eigenvalue weighted by Crippen LogP contribution is 2.36. The van der Waals surface area contributed by atoms with Crippen LogP contribution in [0, 0.1) is 0 Å². The molecular weight excluding hydrogens is 327 g/mol. The molecule has 0 amide bonds. The molecule has 0 spiro atoms. The van der Waals surface area contributed by atoms with E-state index < -0.39 is 40.9 Å². The fraction of sp³-hybridized carbons (Fsp3) is 1.00. The molecule has 0 atom stereocenters. The Morgan fingerprint density at radius 2 is 1.21 bits per heavy atom. The summed E-state index contributed by atoms with van der Waals surface area (Å²) in [6.07, 6.45) is -16.5. The van der Waals surface area contributed by atoms with Crippen LogP contribution in [0.1, 0.15) is 0 Å². The van der Waals surface area contributed by atoms with Crippen molar-refractivity contribution in [2.75, 3.05) is 6.79 Å². The first kappa shape index (κ1) is 18.2. The minimum Gasteiger partial charge on any atom is -0.333 e. The molecule has 0 saturated carbocycles. The molecule has 14 heteroatoms. The first-order chi connectivity index (χ1) is 8.09. The van der Waals surface area contributed by atoms with Gasteiger partial charge in [0.1, 0.15) is 0 Å². The van der Waals surface area contributed by atoms with Crippen molar-refractivity contribution >= 4 is 10.1 Å². The first-order valence-corrected chi connectivity index (χ1v) is 5.20. The van der Waals surface area contributed by atoms with E-state index in [-0.39, 0.29) is 0 Å². The summed E-state index contributed by atoms with van der Waals surface area (Å²) in [4.78, 5) is 0. The van der Waals surface area contributed by atoms with Gasteiger partial charge in [-0.25, -0.2) is 4.18 Å². The summed E-state index contributed by atoms with van der Waals surface area (Å²) in [6, 6.07) is 0. The molecule has 0 aromatic rings. The van der Waals surface area contributed by atoms with Crippen LogP contribution in [0.15, 0.2) is 0 Å². The maximum atomic E-state index is 11.8. The fourth-order valence-electron chi connectivity index (χ4n) is 0.601. The smallest absolute Gasteiger partial charge is 0.333 e. The van der Waals surface area contributed by atoms with Crippen molar-refractivity contribution < 1.29 is 56.9 Å². The molecule has 0 heterocycles. The van der Waals surface area contributed by atoms with Crippen LogP contribution in [-0.2, 0) is 19.0 Å². The lowest BCUT2D eigenvalue weighted by molar-refractivity contribution is -0.330. The molecular formula is C5H3F9O4S. The summed E-state index contributed by atoms with van der Waals surface area (Å²) in [7, 11) is -6.34. The van der Waals surface area contributed by atoms with Crippen molar-refractivity contribution in [3.05, 3.63) is 0 Å². The van der Waals surface area contributed by atoms with Crippen molar-refractivity contribution in [1.82, 2.24) is 0 Å². The molecule has 0 aliphatic carbocycles. The average molecular weight is 330 g/mol. The molecule has 0 N–H and O–H groups in total. The molecule has 4 nitrogen and oxygen atoms in total. The normalized spacial score (nSPS) is 15.1. The Balaban J connectivity index is 4.72. The van der Waals surface area contributed by atoms with E-state index in [9.17, 15) is 47.9 Å². The van der Waals surface area contributed by atoms with E-state index in [0.717, 1.165) is 0 Å². The highest BCUT2D eigenvalue weighted by molar-refractivity contribution is 7.87. The number of hydrogen-bond donors (Lipinski definition) is 0. The summed E-state index contributed by atoms with van der Waals surface area (Å²) >= 11 is 0. The van der Waals surface area contributed by atoms with Crippen LogP contribution < -0.4 is 0 Å². The summed E-state index contributed by atoms with van der Waals surface area (Å²) in [6.45, 7) is -2.40. The third-order valence-electron chi connectivity index (χ3n) is 1.32. The van der Waals surface area contributed by atoms with Crippen LogP contribution in [-0.4, -0.2) is 39.2 Å². The predicted molar refractivity (Wildman–Crippen MR) is 37.9 cm³/mol. The third kappa shape index (κ3) is 5.40. The van der Waals surface area contributed by atoms with E-state index in [0.29, 0.717) is 0 Å². The van der Waals surface area contributed by atoms with Gasteiger partial charge in [0.25, 0.3) is 6.10 Å². The van der Waals surface area contributed by atoms with E-state index in [1.807, 2.05) is 0 Å². The van der Waals surface area contributed by atoms with Gasteiger partial charge in [0.15, 0.2) is 6.79 Å². The van der Waals surface area contributed by atoms with Crippen molar-refractivity contribution in [2.24, 2.45) is 0 Å². The Morgan fingerprint density at radius 3 is 1.47 bits per heavy atom. The van der Waals surface area contributed by atoms with Crippen LogP contribution in [0.25, 0.3) is 0 Å². The average Bonchev–Trinajstić information content (AvgIpc) is 2.05. The quantitative estimate of drug-likeness (QED) is 0.344. The third-order valence-corrected chi connectivity index (χ3v) is 2.29. The summed E-state index contributed by atoms with van der Waals surface area (Å²) < 4.78 is 132. The molecule has 0 unspecified atom stereocenters. The van der Waals surface area contributed by atoms with E-state index in [2.05, 4.69) is 8.92 Å². The lowest BCUT2D eigenvalue weighted by Crippen LogP contribution is -2.45. The Morgan fingerprint density at radius 1 is 0.842 bits per heavy atom. The van der Waals surface area contributed by atoms with E-state index >= 15 is 0 Å². The minimum absolute atomic E-state index is 2.40. The van der Waals surface area contributed by atoms with Gasteiger partial charge in [-0.3, -0.25) is 0 Å². The zero-order chi connectivity index (χ0) is 15.7. The molecule has 0 radical (unpaired) electrons. The maximum Gasteiger partial charge on any atom is 0.523 e. The Hall–Kier alpha value is -0.760. The van der Waals surface area contributed by atoms with Gasteiger partial charge >= 0.3 is 28.0 Å². The number of halogens is 9. The Labute approximate surface area is 98.8 Å². The van der Waals surface area contributed by atoms with Crippen LogP contribution in [0.2, 0.25) is 0 Å². The Kier molecular flexibility index (Phi) is 5.11. The minimum atomic E-state index is -6.34. The summed E-state index contributed by atoms with van der Waals surface area (Å²) in [5.74, 6) is 0. The van der Waals surface area contributed by atoms with Crippen LogP contribution in [0.4, 0.5) is 39.5 Å². The number of ether oxygens (including phenoxy) is 1. The molecule has 0 fully saturated rings. The molecule has 0 bridgehead atoms. The zero-order valence-corrected chi connectivity index (χ0v) is 9.04. The van der Waals surface area contributed by atoms with Crippen LogP contribution in [0.5, 0.6) is 0 Å². The van der Waals surface area contributed by atoms with E-state index in [4.69, 9.17) is 0 Å². The predicted octanol–water partition coefficient (Wildman–Crippen LogP) is 2.32. The molecule has 0 aromatic carbocycles. The van der Waals surface area contributed by atoms with Gasteiger partial charge in [-0.1, -0.05) is 0 Å². The standard InChI is InChI=1S/C5H3F9O4S/c6-3(7,8)2(4(9,10)11)17-1-18-19(15,16)5(12,13)14/h2H,1H2. The number of alkyl halides is 9. The van der Waals surface area contributed by atoms with Crippen molar-refractivity contribution in [3.8, 4) is 0 Å². The van der Waals surface area contributed by atoms with Gasteiger partial charge in [-0.05, 0) is 0 Å². The SMILES string of the molecule is O=S(=O)(OCOC(C(F)(F)F)C(F)(F)F)C(F)(F)F. The molecule has 0 aliphatic heterocycles. The van der Waals surface area contributed by atoms with E-state index in [1.54, 1.807) is 0 Å². The number of hydrogen-bond acceptors (Lipinski definition) is 4. The first-order valence-electron chi connectivity index (χ1n) is 3.80.